The molecule has 1 N–H and O–H groups in total. The smallest absolute Gasteiger partial charge is 0.314 e. The van der Waals surface area contributed by atoms with Crippen LogP contribution in [0.2, 0.25) is 0 Å². The molecule has 1 aliphatic rings. The van der Waals surface area contributed by atoms with Gasteiger partial charge in [-0.25, -0.2) is 4.98 Å². The van der Waals surface area contributed by atoms with E-state index in [9.17, 15) is 10.1 Å². The average molecular weight is 235 g/mol. The van der Waals surface area contributed by atoms with Crippen LogP contribution in [0.3, 0.4) is 0 Å². The van der Waals surface area contributed by atoms with Crippen LogP contribution in [-0.2, 0) is 0 Å². The van der Waals surface area contributed by atoms with Gasteiger partial charge in [-0.3, -0.25) is 10.1 Å². The van der Waals surface area contributed by atoms with E-state index in [0.29, 0.717) is 11.4 Å². The summed E-state index contributed by atoms with van der Waals surface area (Å²) in [6, 6.07) is 1.66. The van der Waals surface area contributed by atoms with Gasteiger partial charge in [0, 0.05) is 18.3 Å². The van der Waals surface area contributed by atoms with Gasteiger partial charge in [-0.05, 0) is 31.7 Å². The van der Waals surface area contributed by atoms with Crippen molar-refractivity contribution in [2.24, 2.45) is 5.92 Å². The summed E-state index contributed by atoms with van der Waals surface area (Å²) in [4.78, 5) is 14.6. The lowest BCUT2D eigenvalue weighted by Gasteiger charge is -2.06. The minimum Gasteiger partial charge on any atom is -0.364 e. The van der Waals surface area contributed by atoms with Crippen molar-refractivity contribution in [1.29, 1.82) is 0 Å². The molecular weight excluding hydrogens is 218 g/mol. The van der Waals surface area contributed by atoms with Gasteiger partial charge >= 0.3 is 5.69 Å². The number of aryl methyl sites for hydroxylation is 1. The van der Waals surface area contributed by atoms with Gasteiger partial charge < -0.3 is 5.32 Å². The molecule has 0 spiro atoms. The second-order valence-corrected chi connectivity index (χ2v) is 4.59. The number of hydrogen-bond donors (Lipinski definition) is 1. The van der Waals surface area contributed by atoms with Crippen molar-refractivity contribution in [3.8, 4) is 0 Å². The predicted molar refractivity (Wildman–Crippen MR) is 66.1 cm³/mol. The second-order valence-electron chi connectivity index (χ2n) is 4.59. The Balaban J connectivity index is 1.93. The van der Waals surface area contributed by atoms with Crippen molar-refractivity contribution in [3.63, 3.8) is 0 Å². The minimum atomic E-state index is -0.369. The standard InChI is InChI=1S/C12H17N3O2/c1-9-6-8-14-12(11(9)15(16)17)13-7-2-3-10-4-5-10/h6,8,10H,2-5,7H2,1H3,(H,13,14). The van der Waals surface area contributed by atoms with Crippen LogP contribution in [0.4, 0.5) is 11.5 Å². The highest BCUT2D eigenvalue weighted by molar-refractivity contribution is 5.59. The van der Waals surface area contributed by atoms with E-state index in [-0.39, 0.29) is 10.6 Å². The monoisotopic (exact) mass is 235 g/mol. The normalized spacial score (nSPS) is 14.6. The van der Waals surface area contributed by atoms with E-state index >= 15 is 0 Å². The number of hydrogen-bond acceptors (Lipinski definition) is 4. The third kappa shape index (κ3) is 3.15. The first kappa shape index (κ1) is 11.8. The summed E-state index contributed by atoms with van der Waals surface area (Å²) in [5.41, 5.74) is 0.744. The van der Waals surface area contributed by atoms with E-state index in [1.165, 1.54) is 19.3 Å². The summed E-state index contributed by atoms with van der Waals surface area (Å²) in [6.07, 6.45) is 6.57. The molecule has 1 aliphatic carbocycles. The zero-order chi connectivity index (χ0) is 12.3. The lowest BCUT2D eigenvalue weighted by Crippen LogP contribution is -2.07. The Morgan fingerprint density at radius 1 is 1.59 bits per heavy atom. The summed E-state index contributed by atoms with van der Waals surface area (Å²) in [5, 5.41) is 14.0. The van der Waals surface area contributed by atoms with E-state index in [4.69, 9.17) is 0 Å². The van der Waals surface area contributed by atoms with Crippen LogP contribution in [0.5, 0.6) is 0 Å². The van der Waals surface area contributed by atoms with E-state index in [0.717, 1.165) is 18.9 Å². The fourth-order valence-corrected chi connectivity index (χ4v) is 1.91. The Bertz CT molecular complexity index is 416. The molecule has 5 heteroatoms. The summed E-state index contributed by atoms with van der Waals surface area (Å²) in [5.74, 6) is 1.29. The molecule has 2 rings (SSSR count). The van der Waals surface area contributed by atoms with Crippen LogP contribution < -0.4 is 5.32 Å². The van der Waals surface area contributed by atoms with Gasteiger partial charge in [0.05, 0.1) is 4.92 Å². The number of anilines is 1. The van der Waals surface area contributed by atoms with Crippen LogP contribution in [0.15, 0.2) is 12.3 Å². The molecule has 0 atom stereocenters. The molecule has 1 fully saturated rings. The Labute approximate surface area is 100 Å². The highest BCUT2D eigenvalue weighted by Crippen LogP contribution is 2.33. The molecule has 1 aromatic heterocycles. The quantitative estimate of drug-likeness (QED) is 0.467. The molecular formula is C12H17N3O2. The van der Waals surface area contributed by atoms with Crippen LogP contribution in [0.25, 0.3) is 0 Å². The lowest BCUT2D eigenvalue weighted by atomic mass is 10.2. The SMILES string of the molecule is Cc1ccnc(NCCCC2CC2)c1[N+](=O)[O-]. The Morgan fingerprint density at radius 3 is 3.00 bits per heavy atom. The summed E-state index contributed by atoms with van der Waals surface area (Å²) < 4.78 is 0. The molecule has 0 unspecified atom stereocenters. The zero-order valence-electron chi connectivity index (χ0n) is 9.98. The van der Waals surface area contributed by atoms with Gasteiger partial charge in [-0.2, -0.15) is 0 Å². The molecule has 1 heterocycles. The maximum atomic E-state index is 10.9. The number of aromatic nitrogens is 1. The first-order valence-corrected chi connectivity index (χ1v) is 6.02. The molecule has 1 saturated carbocycles. The number of nitro groups is 1. The van der Waals surface area contributed by atoms with Crippen molar-refractivity contribution < 1.29 is 4.92 Å². The maximum absolute atomic E-state index is 10.9. The molecule has 17 heavy (non-hydrogen) atoms. The van der Waals surface area contributed by atoms with Gasteiger partial charge in [0.15, 0.2) is 0 Å². The average Bonchev–Trinajstić information content (AvgIpc) is 3.07. The minimum absolute atomic E-state index is 0.0962. The molecule has 0 aliphatic heterocycles. The molecule has 0 bridgehead atoms. The predicted octanol–water partition coefficient (Wildman–Crippen LogP) is 2.90. The molecule has 5 nitrogen and oxygen atoms in total. The first-order chi connectivity index (χ1) is 8.18. The van der Waals surface area contributed by atoms with Crippen LogP contribution in [-0.4, -0.2) is 16.5 Å². The van der Waals surface area contributed by atoms with Crippen molar-refractivity contribution in [2.75, 3.05) is 11.9 Å². The number of nitrogens with zero attached hydrogens (tertiary/aromatic N) is 2. The largest absolute Gasteiger partial charge is 0.364 e. The molecule has 1 aromatic rings. The van der Waals surface area contributed by atoms with Crippen molar-refractivity contribution in [3.05, 3.63) is 27.9 Å². The van der Waals surface area contributed by atoms with Crippen LogP contribution in [0.1, 0.15) is 31.2 Å². The van der Waals surface area contributed by atoms with Crippen molar-refractivity contribution >= 4 is 11.5 Å². The van der Waals surface area contributed by atoms with Crippen molar-refractivity contribution in [1.82, 2.24) is 4.98 Å². The van der Waals surface area contributed by atoms with E-state index in [1.54, 1.807) is 19.2 Å². The maximum Gasteiger partial charge on any atom is 0.314 e. The highest BCUT2D eigenvalue weighted by Gasteiger charge is 2.21. The topological polar surface area (TPSA) is 68.1 Å². The van der Waals surface area contributed by atoms with E-state index in [1.807, 2.05) is 0 Å². The van der Waals surface area contributed by atoms with Gasteiger partial charge in [0.25, 0.3) is 0 Å². The summed E-state index contributed by atoms with van der Waals surface area (Å²) in [6.45, 7) is 2.49. The third-order valence-corrected chi connectivity index (χ3v) is 3.09. The summed E-state index contributed by atoms with van der Waals surface area (Å²) in [7, 11) is 0. The van der Waals surface area contributed by atoms with Crippen LogP contribution in [0, 0.1) is 23.0 Å². The van der Waals surface area contributed by atoms with Gasteiger partial charge in [0.2, 0.25) is 5.82 Å². The third-order valence-electron chi connectivity index (χ3n) is 3.09. The Kier molecular flexibility index (Phi) is 3.56. The molecule has 92 valence electrons. The second kappa shape index (κ2) is 5.12. The molecule has 0 saturated heterocycles. The summed E-state index contributed by atoms with van der Waals surface area (Å²) >= 11 is 0. The van der Waals surface area contributed by atoms with Gasteiger partial charge in [-0.1, -0.05) is 12.8 Å². The number of rotatable bonds is 6. The van der Waals surface area contributed by atoms with Crippen molar-refractivity contribution in [2.45, 2.75) is 32.6 Å². The Morgan fingerprint density at radius 2 is 2.35 bits per heavy atom. The molecule has 0 aromatic carbocycles. The first-order valence-electron chi connectivity index (χ1n) is 6.02. The molecule has 0 radical (unpaired) electrons. The van der Waals surface area contributed by atoms with Crippen LogP contribution >= 0.6 is 0 Å². The van der Waals surface area contributed by atoms with Gasteiger partial charge in [-0.15, -0.1) is 0 Å². The fourth-order valence-electron chi connectivity index (χ4n) is 1.91. The van der Waals surface area contributed by atoms with Gasteiger partial charge in [0.1, 0.15) is 0 Å². The van der Waals surface area contributed by atoms with E-state index < -0.39 is 0 Å². The molecule has 0 amide bonds. The fraction of sp³-hybridized carbons (Fsp3) is 0.583. The zero-order valence-corrected chi connectivity index (χ0v) is 9.98. The number of nitrogens with one attached hydrogen (secondary N) is 1. The van der Waals surface area contributed by atoms with E-state index in [2.05, 4.69) is 10.3 Å². The number of pyridine rings is 1. The highest BCUT2D eigenvalue weighted by atomic mass is 16.6. The lowest BCUT2D eigenvalue weighted by molar-refractivity contribution is -0.384. The Hall–Kier alpha value is -1.65.